The zero-order valence-corrected chi connectivity index (χ0v) is 14.5. The van der Waals surface area contributed by atoms with Gasteiger partial charge in [-0.3, -0.25) is 4.79 Å². The minimum Gasteiger partial charge on any atom is -0.479 e. The number of hydrogen-bond acceptors (Lipinski definition) is 4. The second kappa shape index (κ2) is 7.77. The molecule has 0 aliphatic heterocycles. The van der Waals surface area contributed by atoms with E-state index in [0.29, 0.717) is 29.0 Å². The second-order valence-electron chi connectivity index (χ2n) is 5.64. The Labute approximate surface area is 142 Å². The maximum Gasteiger partial charge on any atom is 0.347 e. The Balaban J connectivity index is 2.25. The first-order valence-corrected chi connectivity index (χ1v) is 7.98. The molecule has 0 N–H and O–H groups in total. The molecule has 4 nitrogen and oxygen atoms in total. The number of ether oxygens (including phenoxy) is 2. The van der Waals surface area contributed by atoms with E-state index in [4.69, 9.17) is 9.47 Å². The van der Waals surface area contributed by atoms with E-state index in [0.717, 1.165) is 5.56 Å². The molecular formula is C20H22O4. The SMILES string of the molecule is CCOC(=O)C(C)Oc1cccc(C(=O)c2ccc(C)cc2)c1C. The van der Waals surface area contributed by atoms with E-state index in [-0.39, 0.29) is 5.78 Å². The Morgan fingerprint density at radius 1 is 1.04 bits per heavy atom. The fourth-order valence-electron chi connectivity index (χ4n) is 2.35. The average molecular weight is 326 g/mol. The summed E-state index contributed by atoms with van der Waals surface area (Å²) in [6, 6.07) is 12.7. The molecule has 0 fully saturated rings. The number of rotatable bonds is 6. The first-order chi connectivity index (χ1) is 11.4. The Morgan fingerprint density at radius 2 is 1.71 bits per heavy atom. The molecule has 0 heterocycles. The molecule has 0 radical (unpaired) electrons. The molecular weight excluding hydrogens is 304 g/mol. The van der Waals surface area contributed by atoms with Crippen LogP contribution in [0.4, 0.5) is 0 Å². The molecule has 0 aliphatic rings. The summed E-state index contributed by atoms with van der Waals surface area (Å²) < 4.78 is 10.6. The van der Waals surface area contributed by atoms with Gasteiger partial charge in [0.1, 0.15) is 5.75 Å². The van der Waals surface area contributed by atoms with Crippen molar-refractivity contribution < 1.29 is 19.1 Å². The van der Waals surface area contributed by atoms with Gasteiger partial charge in [-0.1, -0.05) is 42.0 Å². The van der Waals surface area contributed by atoms with Gasteiger partial charge in [-0.05, 0) is 33.8 Å². The maximum atomic E-state index is 12.7. The molecule has 0 aromatic heterocycles. The lowest BCUT2D eigenvalue weighted by Crippen LogP contribution is -2.26. The highest BCUT2D eigenvalue weighted by atomic mass is 16.6. The lowest BCUT2D eigenvalue weighted by atomic mass is 9.98. The Kier molecular flexibility index (Phi) is 5.74. The van der Waals surface area contributed by atoms with Crippen molar-refractivity contribution in [3.05, 3.63) is 64.7 Å². The van der Waals surface area contributed by atoms with Crippen LogP contribution in [0.25, 0.3) is 0 Å². The van der Waals surface area contributed by atoms with E-state index in [1.807, 2.05) is 38.1 Å². The van der Waals surface area contributed by atoms with Gasteiger partial charge in [0, 0.05) is 16.7 Å². The van der Waals surface area contributed by atoms with Crippen LogP contribution in [0.5, 0.6) is 5.75 Å². The van der Waals surface area contributed by atoms with Crippen LogP contribution in [0.1, 0.15) is 40.9 Å². The smallest absolute Gasteiger partial charge is 0.347 e. The number of carbonyl (C=O) groups is 2. The van der Waals surface area contributed by atoms with Crippen molar-refractivity contribution in [3.63, 3.8) is 0 Å². The monoisotopic (exact) mass is 326 g/mol. The molecule has 0 amide bonds. The van der Waals surface area contributed by atoms with E-state index in [1.54, 1.807) is 32.0 Å². The number of esters is 1. The predicted molar refractivity (Wildman–Crippen MR) is 92.5 cm³/mol. The minimum absolute atomic E-state index is 0.0678. The minimum atomic E-state index is -0.728. The predicted octanol–water partition coefficient (Wildman–Crippen LogP) is 3.86. The van der Waals surface area contributed by atoms with E-state index in [2.05, 4.69) is 0 Å². The number of benzene rings is 2. The van der Waals surface area contributed by atoms with Gasteiger partial charge in [0.05, 0.1) is 6.61 Å². The van der Waals surface area contributed by atoms with Gasteiger partial charge < -0.3 is 9.47 Å². The van der Waals surface area contributed by atoms with Crippen LogP contribution in [0.2, 0.25) is 0 Å². The largest absolute Gasteiger partial charge is 0.479 e. The lowest BCUT2D eigenvalue weighted by molar-refractivity contribution is -0.150. The second-order valence-corrected chi connectivity index (χ2v) is 5.64. The third-order valence-corrected chi connectivity index (χ3v) is 3.76. The highest BCUT2D eigenvalue weighted by Crippen LogP contribution is 2.25. The molecule has 24 heavy (non-hydrogen) atoms. The van der Waals surface area contributed by atoms with E-state index >= 15 is 0 Å². The van der Waals surface area contributed by atoms with E-state index < -0.39 is 12.1 Å². The standard InChI is InChI=1S/C20H22O4/c1-5-23-20(22)15(4)24-18-8-6-7-17(14(18)3)19(21)16-11-9-13(2)10-12-16/h6-12,15H,5H2,1-4H3. The van der Waals surface area contributed by atoms with Crippen molar-refractivity contribution >= 4 is 11.8 Å². The summed E-state index contributed by atoms with van der Waals surface area (Å²) in [6.07, 6.45) is -0.728. The molecule has 1 atom stereocenters. The van der Waals surface area contributed by atoms with E-state index in [1.165, 1.54) is 0 Å². The van der Waals surface area contributed by atoms with Crippen LogP contribution in [0.15, 0.2) is 42.5 Å². The van der Waals surface area contributed by atoms with Gasteiger partial charge in [-0.15, -0.1) is 0 Å². The van der Waals surface area contributed by atoms with Gasteiger partial charge in [0.2, 0.25) is 0 Å². The number of hydrogen-bond donors (Lipinski definition) is 0. The quantitative estimate of drug-likeness (QED) is 0.597. The van der Waals surface area contributed by atoms with Crippen LogP contribution >= 0.6 is 0 Å². The van der Waals surface area contributed by atoms with Crippen LogP contribution in [-0.2, 0) is 9.53 Å². The van der Waals surface area contributed by atoms with Gasteiger partial charge >= 0.3 is 5.97 Å². The zero-order valence-electron chi connectivity index (χ0n) is 14.5. The maximum absolute atomic E-state index is 12.7. The summed E-state index contributed by atoms with van der Waals surface area (Å²) in [4.78, 5) is 24.4. The topological polar surface area (TPSA) is 52.6 Å². The summed E-state index contributed by atoms with van der Waals surface area (Å²) in [5.74, 6) is 0.0161. The van der Waals surface area contributed by atoms with Crippen molar-refractivity contribution in [3.8, 4) is 5.75 Å². The van der Waals surface area contributed by atoms with Crippen molar-refractivity contribution in [1.82, 2.24) is 0 Å². The van der Waals surface area contributed by atoms with Crippen LogP contribution < -0.4 is 4.74 Å². The Morgan fingerprint density at radius 3 is 2.33 bits per heavy atom. The first kappa shape index (κ1) is 17.7. The highest BCUT2D eigenvalue weighted by molar-refractivity contribution is 6.10. The van der Waals surface area contributed by atoms with Crippen molar-refractivity contribution in [2.75, 3.05) is 6.61 Å². The molecule has 0 saturated carbocycles. The van der Waals surface area contributed by atoms with Crippen molar-refractivity contribution in [2.45, 2.75) is 33.8 Å². The molecule has 2 aromatic carbocycles. The fraction of sp³-hybridized carbons (Fsp3) is 0.300. The number of ketones is 1. The molecule has 0 saturated heterocycles. The first-order valence-electron chi connectivity index (χ1n) is 7.98. The summed E-state index contributed by atoms with van der Waals surface area (Å²) in [5.41, 5.74) is 2.99. The zero-order chi connectivity index (χ0) is 17.7. The summed E-state index contributed by atoms with van der Waals surface area (Å²) in [5, 5.41) is 0. The Bertz CT molecular complexity index is 732. The third-order valence-electron chi connectivity index (χ3n) is 3.76. The Hall–Kier alpha value is -2.62. The van der Waals surface area contributed by atoms with E-state index in [9.17, 15) is 9.59 Å². The molecule has 4 heteroatoms. The molecule has 2 aromatic rings. The van der Waals surface area contributed by atoms with Crippen molar-refractivity contribution in [1.29, 1.82) is 0 Å². The van der Waals surface area contributed by atoms with Crippen molar-refractivity contribution in [2.24, 2.45) is 0 Å². The summed E-state index contributed by atoms with van der Waals surface area (Å²) in [6.45, 7) is 7.47. The molecule has 2 rings (SSSR count). The van der Waals surface area contributed by atoms with Crippen LogP contribution in [0, 0.1) is 13.8 Å². The summed E-state index contributed by atoms with van der Waals surface area (Å²) in [7, 11) is 0. The molecule has 0 bridgehead atoms. The highest BCUT2D eigenvalue weighted by Gasteiger charge is 2.19. The third kappa shape index (κ3) is 4.02. The van der Waals surface area contributed by atoms with Gasteiger partial charge in [0.15, 0.2) is 11.9 Å². The molecule has 126 valence electrons. The van der Waals surface area contributed by atoms with Gasteiger partial charge in [-0.2, -0.15) is 0 Å². The molecule has 1 unspecified atom stereocenters. The molecule has 0 aliphatic carbocycles. The fourth-order valence-corrected chi connectivity index (χ4v) is 2.35. The lowest BCUT2D eigenvalue weighted by Gasteiger charge is -2.16. The van der Waals surface area contributed by atoms with Crippen LogP contribution in [0.3, 0.4) is 0 Å². The summed E-state index contributed by atoms with van der Waals surface area (Å²) >= 11 is 0. The number of aryl methyl sites for hydroxylation is 1. The van der Waals surface area contributed by atoms with Gasteiger partial charge in [-0.25, -0.2) is 4.79 Å². The normalized spacial score (nSPS) is 11.7. The van der Waals surface area contributed by atoms with Gasteiger partial charge in [0.25, 0.3) is 0 Å². The molecule has 0 spiro atoms. The van der Waals surface area contributed by atoms with Crippen LogP contribution in [-0.4, -0.2) is 24.5 Å². The number of carbonyl (C=O) groups excluding carboxylic acids is 2. The average Bonchev–Trinajstić information content (AvgIpc) is 2.57.